The van der Waals surface area contributed by atoms with Crippen LogP contribution in [0.1, 0.15) is 20.3 Å². The molecule has 0 bridgehead atoms. The second kappa shape index (κ2) is 11.4. The number of nitrogens with one attached hydrogen (secondary N) is 2. The monoisotopic (exact) mass is 469 g/mol. The van der Waals surface area contributed by atoms with Crippen LogP contribution in [0.3, 0.4) is 0 Å². The molecule has 2 heterocycles. The highest BCUT2D eigenvalue weighted by molar-refractivity contribution is 7.89. The van der Waals surface area contributed by atoms with Crippen molar-refractivity contribution in [2.75, 3.05) is 53.2 Å². The van der Waals surface area contributed by atoms with E-state index < -0.39 is 16.1 Å². The number of amides is 1. The predicted molar refractivity (Wildman–Crippen MR) is 120 cm³/mol. The molecule has 0 saturated carbocycles. The first-order chi connectivity index (χ1) is 15.3. The van der Waals surface area contributed by atoms with Gasteiger partial charge in [-0.1, -0.05) is 13.8 Å². The van der Waals surface area contributed by atoms with Gasteiger partial charge < -0.3 is 19.5 Å². The van der Waals surface area contributed by atoms with E-state index in [2.05, 4.69) is 14.9 Å². The smallest absolute Gasteiger partial charge is 0.241 e. The molecule has 10 heteroatoms. The van der Waals surface area contributed by atoms with Gasteiger partial charge in [-0.15, -0.1) is 0 Å². The van der Waals surface area contributed by atoms with Crippen molar-refractivity contribution >= 4 is 15.9 Å². The van der Waals surface area contributed by atoms with E-state index in [1.807, 2.05) is 13.8 Å². The maximum atomic E-state index is 13.1. The summed E-state index contributed by atoms with van der Waals surface area (Å²) in [5, 5.41) is 3.01. The summed E-state index contributed by atoms with van der Waals surface area (Å²) in [4.78, 5) is 15.5. The Morgan fingerprint density at radius 2 is 1.84 bits per heavy atom. The molecule has 1 aromatic carbocycles. The molecule has 9 nitrogen and oxygen atoms in total. The van der Waals surface area contributed by atoms with Gasteiger partial charge in [0.15, 0.2) is 0 Å². The standard InChI is InChI=1S/C22H35N3O6S/c1-16(2)21(24-32(27,28)19-6-4-18(29-3)5-7-19)22(26)23-14-20(17-8-11-31-15-17)25-9-12-30-13-10-25/h4-7,16-17,20-21,24H,8-15H2,1-3H3,(H,23,26)/t17?,20?,21-/m0/s1. The summed E-state index contributed by atoms with van der Waals surface area (Å²) in [7, 11) is -2.35. The van der Waals surface area contributed by atoms with E-state index in [0.29, 0.717) is 38.0 Å². The topological polar surface area (TPSA) is 106 Å². The molecular weight excluding hydrogens is 434 g/mol. The fraction of sp³-hybridized carbons (Fsp3) is 0.682. The lowest BCUT2D eigenvalue weighted by atomic mass is 9.96. The average molecular weight is 470 g/mol. The van der Waals surface area contributed by atoms with Gasteiger partial charge in [0.05, 0.1) is 31.8 Å². The molecule has 0 aliphatic carbocycles. The summed E-state index contributed by atoms with van der Waals surface area (Å²) in [6.45, 7) is 8.48. The third-order valence-electron chi connectivity index (χ3n) is 6.11. The van der Waals surface area contributed by atoms with Gasteiger partial charge in [0.1, 0.15) is 11.8 Å². The summed E-state index contributed by atoms with van der Waals surface area (Å²) in [5.41, 5.74) is 0. The van der Waals surface area contributed by atoms with Gasteiger partial charge in [-0.3, -0.25) is 9.69 Å². The van der Waals surface area contributed by atoms with Crippen molar-refractivity contribution < 1.29 is 27.4 Å². The Kier molecular flexibility index (Phi) is 8.89. The predicted octanol–water partition coefficient (Wildman–Crippen LogP) is 0.852. The number of sulfonamides is 1. The number of ether oxygens (including phenoxy) is 3. The third kappa shape index (κ3) is 6.41. The molecule has 2 N–H and O–H groups in total. The maximum Gasteiger partial charge on any atom is 0.241 e. The number of benzene rings is 1. The van der Waals surface area contributed by atoms with E-state index in [0.717, 1.165) is 26.1 Å². The molecule has 2 fully saturated rings. The van der Waals surface area contributed by atoms with Crippen LogP contribution in [0.5, 0.6) is 5.75 Å². The zero-order chi connectivity index (χ0) is 23.1. The fourth-order valence-corrected chi connectivity index (χ4v) is 5.50. The lowest BCUT2D eigenvalue weighted by Gasteiger charge is -2.37. The molecule has 32 heavy (non-hydrogen) atoms. The van der Waals surface area contributed by atoms with Crippen molar-refractivity contribution in [1.82, 2.24) is 14.9 Å². The van der Waals surface area contributed by atoms with Crippen LogP contribution in [0.4, 0.5) is 0 Å². The molecule has 2 aliphatic rings. The highest BCUT2D eigenvalue weighted by Crippen LogP contribution is 2.22. The van der Waals surface area contributed by atoms with Crippen molar-refractivity contribution in [3.8, 4) is 5.75 Å². The fourth-order valence-electron chi connectivity index (χ4n) is 4.16. The van der Waals surface area contributed by atoms with E-state index in [1.165, 1.54) is 19.2 Å². The van der Waals surface area contributed by atoms with Gasteiger partial charge >= 0.3 is 0 Å². The lowest BCUT2D eigenvalue weighted by molar-refractivity contribution is -0.124. The van der Waals surface area contributed by atoms with Gasteiger partial charge in [-0.25, -0.2) is 8.42 Å². The Labute approximate surface area is 190 Å². The van der Waals surface area contributed by atoms with Crippen LogP contribution in [0.15, 0.2) is 29.2 Å². The lowest BCUT2D eigenvalue weighted by Crippen LogP contribution is -2.55. The van der Waals surface area contributed by atoms with Crippen LogP contribution in [-0.2, 0) is 24.3 Å². The minimum atomic E-state index is -3.86. The molecule has 2 aliphatic heterocycles. The number of methoxy groups -OCH3 is 1. The first-order valence-corrected chi connectivity index (χ1v) is 12.6. The molecule has 2 unspecified atom stereocenters. The van der Waals surface area contributed by atoms with Crippen molar-refractivity contribution in [3.05, 3.63) is 24.3 Å². The number of carbonyl (C=O) groups excluding carboxylic acids is 1. The summed E-state index contributed by atoms with van der Waals surface area (Å²) in [6.07, 6.45) is 0.954. The summed E-state index contributed by atoms with van der Waals surface area (Å²) < 4.78 is 44.5. The van der Waals surface area contributed by atoms with E-state index in [9.17, 15) is 13.2 Å². The molecule has 0 spiro atoms. The summed E-state index contributed by atoms with van der Waals surface area (Å²) in [5.74, 6) is 0.350. The van der Waals surface area contributed by atoms with Gasteiger partial charge in [0, 0.05) is 38.2 Å². The molecule has 1 amide bonds. The average Bonchev–Trinajstić information content (AvgIpc) is 3.32. The number of rotatable bonds is 10. The van der Waals surface area contributed by atoms with E-state index in [-0.39, 0.29) is 22.8 Å². The summed E-state index contributed by atoms with van der Waals surface area (Å²) in [6, 6.07) is 5.34. The van der Waals surface area contributed by atoms with Gasteiger partial charge in [0.2, 0.25) is 15.9 Å². The Bertz CT molecular complexity index is 834. The van der Waals surface area contributed by atoms with Gasteiger partial charge in [0.25, 0.3) is 0 Å². The summed E-state index contributed by atoms with van der Waals surface area (Å²) >= 11 is 0. The van der Waals surface area contributed by atoms with Crippen LogP contribution in [0.25, 0.3) is 0 Å². The molecule has 0 aromatic heterocycles. The third-order valence-corrected chi connectivity index (χ3v) is 7.57. The number of carbonyl (C=O) groups is 1. The number of hydrogen-bond acceptors (Lipinski definition) is 7. The number of nitrogens with zero attached hydrogens (tertiary/aromatic N) is 1. The Hall–Kier alpha value is -1.72. The van der Waals surface area contributed by atoms with Crippen LogP contribution >= 0.6 is 0 Å². The molecule has 3 rings (SSSR count). The molecule has 0 radical (unpaired) electrons. The number of hydrogen-bond donors (Lipinski definition) is 2. The first-order valence-electron chi connectivity index (χ1n) is 11.2. The molecular formula is C22H35N3O6S. The highest BCUT2D eigenvalue weighted by atomic mass is 32.2. The van der Waals surface area contributed by atoms with E-state index >= 15 is 0 Å². The minimum Gasteiger partial charge on any atom is -0.497 e. The second-order valence-corrected chi connectivity index (χ2v) is 10.3. The van der Waals surface area contributed by atoms with E-state index in [1.54, 1.807) is 12.1 Å². The Morgan fingerprint density at radius 1 is 1.16 bits per heavy atom. The maximum absolute atomic E-state index is 13.1. The first kappa shape index (κ1) is 24.9. The normalized spacial score (nSPS) is 21.9. The van der Waals surface area contributed by atoms with E-state index in [4.69, 9.17) is 14.2 Å². The minimum absolute atomic E-state index is 0.0889. The van der Waals surface area contributed by atoms with Crippen molar-refractivity contribution in [3.63, 3.8) is 0 Å². The van der Waals surface area contributed by atoms with Crippen LogP contribution < -0.4 is 14.8 Å². The molecule has 1 aromatic rings. The van der Waals surface area contributed by atoms with Crippen molar-refractivity contribution in [2.24, 2.45) is 11.8 Å². The quantitative estimate of drug-likeness (QED) is 0.523. The second-order valence-electron chi connectivity index (χ2n) is 8.60. The van der Waals surface area contributed by atoms with Gasteiger partial charge in [-0.05, 0) is 36.6 Å². The van der Waals surface area contributed by atoms with Gasteiger partial charge in [-0.2, -0.15) is 4.72 Å². The van der Waals surface area contributed by atoms with Crippen LogP contribution in [0, 0.1) is 11.8 Å². The van der Waals surface area contributed by atoms with Crippen LogP contribution in [0.2, 0.25) is 0 Å². The molecule has 180 valence electrons. The zero-order valence-electron chi connectivity index (χ0n) is 19.1. The Morgan fingerprint density at radius 3 is 2.41 bits per heavy atom. The van der Waals surface area contributed by atoms with Crippen LogP contribution in [-0.4, -0.2) is 84.5 Å². The highest BCUT2D eigenvalue weighted by Gasteiger charge is 2.34. The number of morpholine rings is 1. The largest absolute Gasteiger partial charge is 0.497 e. The molecule has 2 saturated heterocycles. The zero-order valence-corrected chi connectivity index (χ0v) is 19.9. The SMILES string of the molecule is COc1ccc(S(=O)(=O)N[C@H](C(=O)NCC(C2CCOC2)N2CCOCC2)C(C)C)cc1. The van der Waals surface area contributed by atoms with Crippen molar-refractivity contribution in [2.45, 2.75) is 37.2 Å². The Balaban J connectivity index is 1.66. The molecule has 3 atom stereocenters. The van der Waals surface area contributed by atoms with Crippen molar-refractivity contribution in [1.29, 1.82) is 0 Å².